The van der Waals surface area contributed by atoms with Gasteiger partial charge in [0.05, 0.1) is 6.42 Å². The van der Waals surface area contributed by atoms with E-state index in [1.165, 1.54) is 6.42 Å². The van der Waals surface area contributed by atoms with Gasteiger partial charge in [-0.2, -0.15) is 0 Å². The van der Waals surface area contributed by atoms with Gasteiger partial charge in [-0.1, -0.05) is 26.7 Å². The first-order valence-corrected chi connectivity index (χ1v) is 5.44. The quantitative estimate of drug-likeness (QED) is 0.729. The summed E-state index contributed by atoms with van der Waals surface area (Å²) in [4.78, 5) is 10.8. The molecule has 0 amide bonds. The maximum Gasteiger partial charge on any atom is 0.303 e. The fraction of sp³-hybridized carbons (Fsp3) is 0.909. The first-order valence-electron chi connectivity index (χ1n) is 5.44. The van der Waals surface area contributed by atoms with Gasteiger partial charge < -0.3 is 10.8 Å². The molecule has 0 spiro atoms. The molecule has 0 radical (unpaired) electrons. The molecule has 82 valence electrons. The van der Waals surface area contributed by atoms with Crippen molar-refractivity contribution in [3.05, 3.63) is 0 Å². The Labute approximate surface area is 85.7 Å². The van der Waals surface area contributed by atoms with Crippen LogP contribution in [0.25, 0.3) is 0 Å². The summed E-state index contributed by atoms with van der Waals surface area (Å²) in [5.41, 5.74) is 5.63. The number of hydrogen-bond donors (Lipinski definition) is 2. The SMILES string of the molecule is CC1CCCC(CN)(CC(=O)O)C1C. The summed E-state index contributed by atoms with van der Waals surface area (Å²) in [5, 5.41) is 8.91. The summed E-state index contributed by atoms with van der Waals surface area (Å²) in [6.07, 6.45) is 3.54. The zero-order chi connectivity index (χ0) is 10.8. The molecule has 1 saturated carbocycles. The van der Waals surface area contributed by atoms with Crippen molar-refractivity contribution in [2.24, 2.45) is 23.0 Å². The Morgan fingerprint density at radius 3 is 2.71 bits per heavy atom. The monoisotopic (exact) mass is 199 g/mol. The molecular weight excluding hydrogens is 178 g/mol. The van der Waals surface area contributed by atoms with Crippen LogP contribution >= 0.6 is 0 Å². The molecule has 0 aromatic carbocycles. The second-order valence-electron chi connectivity index (χ2n) is 4.80. The van der Waals surface area contributed by atoms with E-state index >= 15 is 0 Å². The van der Waals surface area contributed by atoms with Crippen molar-refractivity contribution >= 4 is 5.97 Å². The van der Waals surface area contributed by atoms with E-state index in [4.69, 9.17) is 10.8 Å². The highest BCUT2D eigenvalue weighted by molar-refractivity contribution is 5.67. The van der Waals surface area contributed by atoms with E-state index in [-0.39, 0.29) is 11.8 Å². The lowest BCUT2D eigenvalue weighted by atomic mass is 9.61. The maximum absolute atomic E-state index is 10.8. The molecule has 3 heteroatoms. The second kappa shape index (κ2) is 4.30. The van der Waals surface area contributed by atoms with Crippen molar-refractivity contribution < 1.29 is 9.90 Å². The van der Waals surface area contributed by atoms with Gasteiger partial charge in [-0.05, 0) is 30.2 Å². The minimum Gasteiger partial charge on any atom is -0.481 e. The molecule has 14 heavy (non-hydrogen) atoms. The number of hydrogen-bond acceptors (Lipinski definition) is 2. The van der Waals surface area contributed by atoms with Crippen molar-refractivity contribution in [1.29, 1.82) is 0 Å². The first-order chi connectivity index (χ1) is 6.52. The summed E-state index contributed by atoms with van der Waals surface area (Å²) < 4.78 is 0. The summed E-state index contributed by atoms with van der Waals surface area (Å²) in [5.74, 6) is 0.320. The fourth-order valence-corrected chi connectivity index (χ4v) is 2.77. The molecule has 0 saturated heterocycles. The summed E-state index contributed by atoms with van der Waals surface area (Å²) >= 11 is 0. The Bertz CT molecular complexity index is 217. The van der Waals surface area contributed by atoms with Crippen LogP contribution in [-0.4, -0.2) is 17.6 Å². The van der Waals surface area contributed by atoms with Crippen LogP contribution in [0.2, 0.25) is 0 Å². The Kier molecular flexibility index (Phi) is 3.53. The minimum atomic E-state index is -0.712. The smallest absolute Gasteiger partial charge is 0.303 e. The Hall–Kier alpha value is -0.570. The molecule has 1 fully saturated rings. The highest BCUT2D eigenvalue weighted by Gasteiger charge is 2.41. The molecule has 0 bridgehead atoms. The van der Waals surface area contributed by atoms with Crippen molar-refractivity contribution in [3.63, 3.8) is 0 Å². The summed E-state index contributed by atoms with van der Waals surface area (Å²) in [6.45, 7) is 4.86. The van der Waals surface area contributed by atoms with Crippen molar-refractivity contribution in [2.45, 2.75) is 39.5 Å². The lowest BCUT2D eigenvalue weighted by molar-refractivity contribution is -0.141. The van der Waals surface area contributed by atoms with E-state index in [9.17, 15) is 4.79 Å². The molecule has 3 atom stereocenters. The van der Waals surface area contributed by atoms with E-state index in [1.54, 1.807) is 0 Å². The number of carboxylic acid groups (broad SMARTS) is 1. The third-order valence-corrected chi connectivity index (χ3v) is 4.06. The first kappa shape index (κ1) is 11.5. The molecular formula is C11H21NO2. The van der Waals surface area contributed by atoms with E-state index in [1.807, 2.05) is 0 Å². The largest absolute Gasteiger partial charge is 0.481 e. The van der Waals surface area contributed by atoms with Gasteiger partial charge in [0.25, 0.3) is 0 Å². The van der Waals surface area contributed by atoms with Gasteiger partial charge in [0.1, 0.15) is 0 Å². The van der Waals surface area contributed by atoms with E-state index in [2.05, 4.69) is 13.8 Å². The third kappa shape index (κ3) is 2.08. The van der Waals surface area contributed by atoms with Gasteiger partial charge >= 0.3 is 5.97 Å². The number of rotatable bonds is 3. The zero-order valence-electron chi connectivity index (χ0n) is 9.12. The van der Waals surface area contributed by atoms with E-state index in [0.29, 0.717) is 18.4 Å². The molecule has 3 unspecified atom stereocenters. The van der Waals surface area contributed by atoms with E-state index in [0.717, 1.165) is 12.8 Å². The molecule has 1 aliphatic rings. The summed E-state index contributed by atoms with van der Waals surface area (Å²) in [7, 11) is 0. The van der Waals surface area contributed by atoms with Gasteiger partial charge in [0.2, 0.25) is 0 Å². The van der Waals surface area contributed by atoms with Gasteiger partial charge in [0, 0.05) is 0 Å². The Morgan fingerprint density at radius 1 is 1.57 bits per heavy atom. The zero-order valence-corrected chi connectivity index (χ0v) is 9.12. The molecule has 0 aliphatic heterocycles. The van der Waals surface area contributed by atoms with Crippen LogP contribution in [0, 0.1) is 17.3 Å². The van der Waals surface area contributed by atoms with Crippen molar-refractivity contribution in [1.82, 2.24) is 0 Å². The Balaban J connectivity index is 2.79. The van der Waals surface area contributed by atoms with Gasteiger partial charge in [-0.15, -0.1) is 0 Å². The molecule has 1 rings (SSSR count). The van der Waals surface area contributed by atoms with Crippen LogP contribution < -0.4 is 5.73 Å². The normalized spacial score (nSPS) is 38.2. The van der Waals surface area contributed by atoms with Gasteiger partial charge in [0.15, 0.2) is 0 Å². The lowest BCUT2D eigenvalue weighted by Gasteiger charge is -2.44. The van der Waals surface area contributed by atoms with Crippen LogP contribution in [0.1, 0.15) is 39.5 Å². The summed E-state index contributed by atoms with van der Waals surface area (Å²) in [6, 6.07) is 0. The van der Waals surface area contributed by atoms with Crippen molar-refractivity contribution in [2.75, 3.05) is 6.54 Å². The van der Waals surface area contributed by atoms with Crippen LogP contribution in [0.5, 0.6) is 0 Å². The van der Waals surface area contributed by atoms with Gasteiger partial charge in [-0.3, -0.25) is 4.79 Å². The van der Waals surface area contributed by atoms with Crippen LogP contribution in [0.15, 0.2) is 0 Å². The van der Waals surface area contributed by atoms with Crippen LogP contribution in [0.3, 0.4) is 0 Å². The van der Waals surface area contributed by atoms with E-state index < -0.39 is 5.97 Å². The van der Waals surface area contributed by atoms with Crippen LogP contribution in [0.4, 0.5) is 0 Å². The predicted octanol–water partition coefficient (Wildman–Crippen LogP) is 1.86. The third-order valence-electron chi connectivity index (χ3n) is 4.06. The molecule has 0 heterocycles. The second-order valence-corrected chi connectivity index (χ2v) is 4.80. The lowest BCUT2D eigenvalue weighted by Crippen LogP contribution is -2.44. The minimum absolute atomic E-state index is 0.149. The molecule has 0 aromatic heterocycles. The number of carbonyl (C=O) groups is 1. The number of carboxylic acids is 1. The highest BCUT2D eigenvalue weighted by atomic mass is 16.4. The fourth-order valence-electron chi connectivity index (χ4n) is 2.77. The standard InChI is InChI=1S/C11H21NO2/c1-8-4-3-5-11(7-12,9(8)2)6-10(13)14/h8-9H,3-7,12H2,1-2H3,(H,13,14). The molecule has 0 aromatic rings. The number of nitrogens with two attached hydrogens (primary N) is 1. The molecule has 3 N–H and O–H groups in total. The maximum atomic E-state index is 10.8. The van der Waals surface area contributed by atoms with Crippen LogP contribution in [-0.2, 0) is 4.79 Å². The highest BCUT2D eigenvalue weighted by Crippen LogP contribution is 2.45. The molecule has 1 aliphatic carbocycles. The topological polar surface area (TPSA) is 63.3 Å². The molecule has 3 nitrogen and oxygen atoms in total. The number of aliphatic carboxylic acids is 1. The van der Waals surface area contributed by atoms with Gasteiger partial charge in [-0.25, -0.2) is 0 Å². The Morgan fingerprint density at radius 2 is 2.21 bits per heavy atom. The average molecular weight is 199 g/mol. The predicted molar refractivity (Wildman–Crippen MR) is 55.9 cm³/mol. The van der Waals surface area contributed by atoms with Crippen molar-refractivity contribution in [3.8, 4) is 0 Å². The average Bonchev–Trinajstić information content (AvgIpc) is 2.12.